The Morgan fingerprint density at radius 1 is 1.16 bits per heavy atom. The Labute approximate surface area is 183 Å². The fraction of sp³-hybridized carbons (Fsp3) is 0.250. The van der Waals surface area contributed by atoms with Crippen molar-refractivity contribution in [2.24, 2.45) is 0 Å². The largest absolute Gasteiger partial charge is 0.506 e. The number of aromatic hydroxyl groups is 1. The van der Waals surface area contributed by atoms with Gasteiger partial charge in [0.05, 0.1) is 12.7 Å². The molecular formula is C24H22F2N2O4. The predicted octanol–water partition coefficient (Wildman–Crippen LogP) is 3.37. The molecule has 3 aromatic carbocycles. The summed E-state index contributed by atoms with van der Waals surface area (Å²) in [5, 5.41) is 14.7. The molecule has 4 rings (SSSR count). The summed E-state index contributed by atoms with van der Waals surface area (Å²) in [5.74, 6) is -2.29. The molecule has 1 saturated heterocycles. The number of amides is 1. The normalized spacial score (nSPS) is 18.6. The standard InChI is InChI=1S/C24H22F2N2O4/c1-32-24(31)21-11-17(13-28(21)12-15-10-16(25)7-9-20(15)26)27-23(30)19-8-6-14-4-2-3-5-18(14)22(19)29/h2-10,17,21,29H,11-13H2,1H3,(H,27,30)/t17-,21+/m1/s1. The highest BCUT2D eigenvalue weighted by Crippen LogP contribution is 2.29. The van der Waals surface area contributed by atoms with Crippen LogP contribution in [0.5, 0.6) is 5.75 Å². The number of hydrogen-bond acceptors (Lipinski definition) is 5. The van der Waals surface area contributed by atoms with Gasteiger partial charge in [-0.05, 0) is 36.1 Å². The van der Waals surface area contributed by atoms with Crippen LogP contribution < -0.4 is 5.32 Å². The molecule has 6 nitrogen and oxygen atoms in total. The lowest BCUT2D eigenvalue weighted by atomic mass is 10.0. The van der Waals surface area contributed by atoms with Gasteiger partial charge in [-0.1, -0.05) is 30.3 Å². The first-order valence-electron chi connectivity index (χ1n) is 10.1. The van der Waals surface area contributed by atoms with E-state index in [2.05, 4.69) is 5.32 Å². The minimum atomic E-state index is -0.724. The highest BCUT2D eigenvalue weighted by atomic mass is 19.1. The molecule has 8 heteroatoms. The van der Waals surface area contributed by atoms with Crippen LogP contribution in [-0.2, 0) is 16.1 Å². The summed E-state index contributed by atoms with van der Waals surface area (Å²) in [6, 6.07) is 12.4. The lowest BCUT2D eigenvalue weighted by Gasteiger charge is -2.22. The van der Waals surface area contributed by atoms with Crippen molar-refractivity contribution in [2.45, 2.75) is 25.0 Å². The highest BCUT2D eigenvalue weighted by Gasteiger charge is 2.38. The maximum Gasteiger partial charge on any atom is 0.323 e. The van der Waals surface area contributed by atoms with Gasteiger partial charge in [0, 0.05) is 30.1 Å². The van der Waals surface area contributed by atoms with E-state index in [0.29, 0.717) is 5.39 Å². The maximum absolute atomic E-state index is 14.1. The summed E-state index contributed by atoms with van der Waals surface area (Å²) >= 11 is 0. The van der Waals surface area contributed by atoms with Crippen molar-refractivity contribution in [1.29, 1.82) is 0 Å². The second kappa shape index (κ2) is 8.92. The van der Waals surface area contributed by atoms with Crippen LogP contribution in [0.1, 0.15) is 22.3 Å². The summed E-state index contributed by atoms with van der Waals surface area (Å²) in [7, 11) is 1.25. The number of likely N-dealkylation sites (tertiary alicyclic amines) is 1. The maximum atomic E-state index is 14.1. The number of phenols is 1. The highest BCUT2D eigenvalue weighted by molar-refractivity contribution is 6.03. The zero-order valence-electron chi connectivity index (χ0n) is 17.3. The van der Waals surface area contributed by atoms with Crippen molar-refractivity contribution < 1.29 is 28.2 Å². The van der Waals surface area contributed by atoms with Crippen molar-refractivity contribution in [1.82, 2.24) is 10.2 Å². The Balaban J connectivity index is 1.53. The lowest BCUT2D eigenvalue weighted by Crippen LogP contribution is -2.38. The summed E-state index contributed by atoms with van der Waals surface area (Å²) in [6.45, 7) is 0.215. The van der Waals surface area contributed by atoms with E-state index in [4.69, 9.17) is 4.74 Å². The number of rotatable bonds is 5. The fourth-order valence-electron chi connectivity index (χ4n) is 4.15. The molecule has 1 heterocycles. The van der Waals surface area contributed by atoms with Crippen molar-refractivity contribution >= 4 is 22.6 Å². The number of hydrogen-bond donors (Lipinski definition) is 2. The van der Waals surface area contributed by atoms with E-state index in [0.717, 1.165) is 23.6 Å². The Morgan fingerprint density at radius 3 is 2.72 bits per heavy atom. The van der Waals surface area contributed by atoms with Crippen LogP contribution in [0.3, 0.4) is 0 Å². The van der Waals surface area contributed by atoms with Crippen molar-refractivity contribution in [3.05, 3.63) is 77.4 Å². The first kappa shape index (κ1) is 21.7. The van der Waals surface area contributed by atoms with E-state index in [1.54, 1.807) is 29.2 Å². The molecule has 166 valence electrons. The number of halogens is 2. The number of methoxy groups -OCH3 is 1. The Bertz CT molecular complexity index is 1180. The van der Waals surface area contributed by atoms with Crippen LogP contribution >= 0.6 is 0 Å². The summed E-state index contributed by atoms with van der Waals surface area (Å²) < 4.78 is 32.6. The van der Waals surface area contributed by atoms with Gasteiger partial charge in [-0.3, -0.25) is 14.5 Å². The number of esters is 1. The molecule has 0 aromatic heterocycles. The van der Waals surface area contributed by atoms with Crippen LogP contribution in [0.25, 0.3) is 10.8 Å². The third-order valence-electron chi connectivity index (χ3n) is 5.74. The zero-order chi connectivity index (χ0) is 22.8. The average Bonchev–Trinajstić information content (AvgIpc) is 3.18. The van der Waals surface area contributed by atoms with Crippen LogP contribution in [0.4, 0.5) is 8.78 Å². The molecule has 1 aliphatic heterocycles. The molecule has 1 fully saturated rings. The van der Waals surface area contributed by atoms with E-state index in [-0.39, 0.29) is 36.4 Å². The van der Waals surface area contributed by atoms with Crippen LogP contribution in [0.2, 0.25) is 0 Å². The second-order valence-corrected chi connectivity index (χ2v) is 7.79. The van der Waals surface area contributed by atoms with Gasteiger partial charge >= 0.3 is 5.97 Å². The van der Waals surface area contributed by atoms with E-state index in [1.165, 1.54) is 7.11 Å². The van der Waals surface area contributed by atoms with Crippen molar-refractivity contribution in [2.75, 3.05) is 13.7 Å². The van der Waals surface area contributed by atoms with Crippen molar-refractivity contribution in [3.8, 4) is 5.75 Å². The van der Waals surface area contributed by atoms with Gasteiger partial charge < -0.3 is 15.2 Å². The Morgan fingerprint density at radius 2 is 1.94 bits per heavy atom. The SMILES string of the molecule is COC(=O)[C@@H]1C[C@@H](NC(=O)c2ccc3ccccc3c2O)CN1Cc1cc(F)ccc1F. The molecule has 1 aliphatic rings. The number of fused-ring (bicyclic) bond motifs is 1. The Kier molecular flexibility index (Phi) is 6.05. The van der Waals surface area contributed by atoms with E-state index < -0.39 is 35.6 Å². The molecule has 0 radical (unpaired) electrons. The van der Waals surface area contributed by atoms with E-state index in [1.807, 2.05) is 12.1 Å². The molecule has 32 heavy (non-hydrogen) atoms. The lowest BCUT2D eigenvalue weighted by molar-refractivity contribution is -0.146. The molecule has 0 spiro atoms. The number of nitrogens with one attached hydrogen (secondary N) is 1. The quantitative estimate of drug-likeness (QED) is 0.595. The van der Waals surface area contributed by atoms with Crippen molar-refractivity contribution in [3.63, 3.8) is 0 Å². The monoisotopic (exact) mass is 440 g/mol. The third kappa shape index (κ3) is 4.27. The number of benzene rings is 3. The topological polar surface area (TPSA) is 78.9 Å². The van der Waals surface area contributed by atoms with Gasteiger partial charge in [0.15, 0.2) is 0 Å². The van der Waals surface area contributed by atoms with Crippen LogP contribution in [0, 0.1) is 11.6 Å². The average molecular weight is 440 g/mol. The molecule has 1 amide bonds. The zero-order valence-corrected chi connectivity index (χ0v) is 17.3. The van der Waals surface area contributed by atoms with E-state index >= 15 is 0 Å². The minimum Gasteiger partial charge on any atom is -0.506 e. The summed E-state index contributed by atoms with van der Waals surface area (Å²) in [5.41, 5.74) is 0.228. The molecule has 2 atom stereocenters. The molecule has 0 bridgehead atoms. The molecule has 0 unspecified atom stereocenters. The smallest absolute Gasteiger partial charge is 0.323 e. The third-order valence-corrected chi connectivity index (χ3v) is 5.74. The molecule has 0 saturated carbocycles. The summed E-state index contributed by atoms with van der Waals surface area (Å²) in [4.78, 5) is 26.8. The number of ether oxygens (including phenoxy) is 1. The van der Waals surface area contributed by atoms with Gasteiger partial charge in [-0.25, -0.2) is 8.78 Å². The van der Waals surface area contributed by atoms with Gasteiger partial charge in [0.1, 0.15) is 23.4 Å². The summed E-state index contributed by atoms with van der Waals surface area (Å²) in [6.07, 6.45) is 0.240. The molecular weight excluding hydrogens is 418 g/mol. The Hall–Kier alpha value is -3.52. The van der Waals surface area contributed by atoms with Gasteiger partial charge in [-0.2, -0.15) is 0 Å². The fourth-order valence-corrected chi connectivity index (χ4v) is 4.15. The van der Waals surface area contributed by atoms with Gasteiger partial charge in [0.25, 0.3) is 5.91 Å². The first-order chi connectivity index (χ1) is 15.4. The molecule has 3 aromatic rings. The number of phenolic OH excluding ortho intramolecular Hbond substituents is 1. The van der Waals surface area contributed by atoms with Crippen LogP contribution in [-0.4, -0.2) is 47.6 Å². The predicted molar refractivity (Wildman–Crippen MR) is 114 cm³/mol. The minimum absolute atomic E-state index is 0.0169. The molecule has 0 aliphatic carbocycles. The van der Waals surface area contributed by atoms with Crippen LogP contribution in [0.15, 0.2) is 54.6 Å². The van der Waals surface area contributed by atoms with Gasteiger partial charge in [0.2, 0.25) is 0 Å². The second-order valence-electron chi connectivity index (χ2n) is 7.79. The first-order valence-corrected chi connectivity index (χ1v) is 10.1. The molecule has 2 N–H and O–H groups in total. The number of carbonyl (C=O) groups is 2. The van der Waals surface area contributed by atoms with Gasteiger partial charge in [-0.15, -0.1) is 0 Å². The number of carbonyl (C=O) groups excluding carboxylic acids is 2. The van der Waals surface area contributed by atoms with E-state index in [9.17, 15) is 23.5 Å². The number of nitrogens with zero attached hydrogens (tertiary/aromatic N) is 1.